The van der Waals surface area contributed by atoms with Crippen LogP contribution in [0, 0.1) is 6.92 Å². The third-order valence-corrected chi connectivity index (χ3v) is 5.80. The summed E-state index contributed by atoms with van der Waals surface area (Å²) in [7, 11) is 0. The second-order valence-corrected chi connectivity index (χ2v) is 9.30. The summed E-state index contributed by atoms with van der Waals surface area (Å²) >= 11 is 0. The van der Waals surface area contributed by atoms with E-state index in [-0.39, 0.29) is 16.4 Å². The number of carbonyl (C=O) groups is 1. The quantitative estimate of drug-likeness (QED) is 0.764. The van der Waals surface area contributed by atoms with Crippen LogP contribution in [0.5, 0.6) is 0 Å². The predicted octanol–water partition coefficient (Wildman–Crippen LogP) is 5.67. The fourth-order valence-electron chi connectivity index (χ4n) is 3.91. The van der Waals surface area contributed by atoms with Crippen molar-refractivity contribution in [3.05, 3.63) is 70.0 Å². The van der Waals surface area contributed by atoms with E-state index in [2.05, 4.69) is 58.3 Å². The molecule has 0 aliphatic heterocycles. The van der Waals surface area contributed by atoms with Gasteiger partial charge in [-0.05, 0) is 65.0 Å². The average molecular weight is 364 g/mol. The Morgan fingerprint density at radius 1 is 1.19 bits per heavy atom. The number of benzene rings is 1. The fraction of sp³-hybridized carbons (Fsp3) is 0.417. The van der Waals surface area contributed by atoms with Crippen LogP contribution in [-0.2, 0) is 17.3 Å². The van der Waals surface area contributed by atoms with Gasteiger partial charge in [-0.15, -0.1) is 0 Å². The van der Waals surface area contributed by atoms with E-state index < -0.39 is 5.97 Å². The van der Waals surface area contributed by atoms with E-state index in [4.69, 9.17) is 0 Å². The molecule has 3 rings (SSSR count). The zero-order valence-electron chi connectivity index (χ0n) is 17.2. The van der Waals surface area contributed by atoms with E-state index in [1.807, 2.05) is 0 Å². The van der Waals surface area contributed by atoms with Crippen LogP contribution in [0.1, 0.15) is 85.0 Å². The number of pyridine rings is 1. The lowest BCUT2D eigenvalue weighted by atomic mass is 9.78. The van der Waals surface area contributed by atoms with Gasteiger partial charge in [0.2, 0.25) is 0 Å². The first-order valence-electron chi connectivity index (χ1n) is 9.50. The van der Waals surface area contributed by atoms with E-state index in [1.54, 1.807) is 19.1 Å². The van der Waals surface area contributed by atoms with Gasteiger partial charge in [0.05, 0.1) is 17.0 Å². The Labute approximate surface area is 162 Å². The van der Waals surface area contributed by atoms with Gasteiger partial charge in [-0.1, -0.05) is 53.3 Å². The number of nitrogens with zero attached hydrogens (tertiary/aromatic N) is 1. The van der Waals surface area contributed by atoms with Crippen LogP contribution in [0.2, 0.25) is 0 Å². The van der Waals surface area contributed by atoms with E-state index in [9.17, 15) is 9.90 Å². The minimum Gasteiger partial charge on any atom is -0.478 e. The second-order valence-electron chi connectivity index (χ2n) is 9.30. The molecule has 1 aromatic heterocycles. The molecule has 1 aromatic carbocycles. The number of carboxylic acids is 1. The van der Waals surface area contributed by atoms with Crippen molar-refractivity contribution in [1.82, 2.24) is 4.98 Å². The Morgan fingerprint density at radius 2 is 1.85 bits per heavy atom. The van der Waals surface area contributed by atoms with Gasteiger partial charge < -0.3 is 5.11 Å². The maximum Gasteiger partial charge on any atom is 0.337 e. The average Bonchev–Trinajstić information content (AvgIpc) is 2.87. The molecule has 3 nitrogen and oxygen atoms in total. The molecule has 0 saturated carbocycles. The van der Waals surface area contributed by atoms with Crippen LogP contribution >= 0.6 is 0 Å². The lowest BCUT2D eigenvalue weighted by Crippen LogP contribution is -2.17. The van der Waals surface area contributed by atoms with Crippen molar-refractivity contribution in [2.24, 2.45) is 0 Å². The van der Waals surface area contributed by atoms with Gasteiger partial charge in [0.1, 0.15) is 0 Å². The number of rotatable bonds is 3. The summed E-state index contributed by atoms with van der Waals surface area (Å²) in [6.07, 6.45) is 2.16. The van der Waals surface area contributed by atoms with Crippen LogP contribution < -0.4 is 0 Å². The first kappa shape index (κ1) is 19.3. The Bertz CT molecular complexity index is 946. The Hall–Kier alpha value is -2.42. The molecule has 2 aromatic rings. The molecule has 0 bridgehead atoms. The van der Waals surface area contributed by atoms with Crippen molar-refractivity contribution in [3.63, 3.8) is 0 Å². The van der Waals surface area contributed by atoms with E-state index in [0.717, 1.165) is 29.7 Å². The monoisotopic (exact) mass is 363 g/mol. The first-order chi connectivity index (χ1) is 12.4. The Balaban J connectivity index is 2.17. The van der Waals surface area contributed by atoms with Gasteiger partial charge in [-0.3, -0.25) is 4.98 Å². The van der Waals surface area contributed by atoms with Gasteiger partial charge in [-0.25, -0.2) is 4.79 Å². The molecule has 0 fully saturated rings. The molecule has 0 unspecified atom stereocenters. The summed E-state index contributed by atoms with van der Waals surface area (Å²) < 4.78 is 0. The van der Waals surface area contributed by atoms with Gasteiger partial charge in [0.25, 0.3) is 0 Å². The molecule has 0 spiro atoms. The largest absolute Gasteiger partial charge is 0.478 e. The van der Waals surface area contributed by atoms with Gasteiger partial charge >= 0.3 is 5.97 Å². The summed E-state index contributed by atoms with van der Waals surface area (Å²) in [5, 5.41) is 9.26. The maximum atomic E-state index is 11.3. The third-order valence-electron chi connectivity index (χ3n) is 5.80. The molecular formula is C24H29NO2. The highest BCUT2D eigenvalue weighted by atomic mass is 16.4. The molecule has 142 valence electrons. The Morgan fingerprint density at radius 3 is 2.41 bits per heavy atom. The van der Waals surface area contributed by atoms with Crippen molar-refractivity contribution >= 4 is 11.5 Å². The lowest BCUT2D eigenvalue weighted by Gasteiger charge is -2.26. The molecule has 0 radical (unpaired) electrons. The van der Waals surface area contributed by atoms with Crippen molar-refractivity contribution < 1.29 is 9.90 Å². The third kappa shape index (κ3) is 3.43. The highest BCUT2D eigenvalue weighted by Crippen LogP contribution is 2.44. The van der Waals surface area contributed by atoms with Crippen LogP contribution in [0.15, 0.2) is 30.8 Å². The van der Waals surface area contributed by atoms with Gasteiger partial charge in [-0.2, -0.15) is 0 Å². The summed E-state index contributed by atoms with van der Waals surface area (Å²) in [6, 6.07) is 8.02. The fourth-order valence-corrected chi connectivity index (χ4v) is 3.91. The Kier molecular flexibility index (Phi) is 4.54. The minimum atomic E-state index is -0.950. The maximum absolute atomic E-state index is 11.3. The molecule has 1 aliphatic rings. The standard InChI is InChI=1S/C24H29NO2/c1-14(21-9-8-17(22(26)27)15(2)25-21)19-12-16(23(3,4)5)13-20-18(19)10-11-24(20,6)7/h8-9,12-13H,1,10-11H2,2-7H3,(H,26,27). The summed E-state index contributed by atoms with van der Waals surface area (Å²) in [5.74, 6) is -0.950. The number of aromatic nitrogens is 1. The summed E-state index contributed by atoms with van der Waals surface area (Å²) in [4.78, 5) is 15.8. The van der Waals surface area contributed by atoms with E-state index in [1.165, 1.54) is 16.7 Å². The molecule has 0 amide bonds. The molecule has 27 heavy (non-hydrogen) atoms. The normalized spacial score (nSPS) is 15.5. The molecule has 0 saturated heterocycles. The molecule has 3 heteroatoms. The van der Waals surface area contributed by atoms with E-state index in [0.29, 0.717) is 5.69 Å². The number of aryl methyl sites for hydroxylation is 1. The number of carboxylic acid groups (broad SMARTS) is 1. The van der Waals surface area contributed by atoms with Gasteiger partial charge in [0.15, 0.2) is 0 Å². The van der Waals surface area contributed by atoms with E-state index >= 15 is 0 Å². The van der Waals surface area contributed by atoms with Gasteiger partial charge in [0, 0.05) is 5.57 Å². The molecule has 0 atom stereocenters. The zero-order chi connectivity index (χ0) is 20.1. The van der Waals surface area contributed by atoms with Crippen molar-refractivity contribution in [1.29, 1.82) is 0 Å². The molecule has 1 heterocycles. The summed E-state index contributed by atoms with van der Waals surface area (Å²) in [6.45, 7) is 17.4. The van der Waals surface area contributed by atoms with Crippen molar-refractivity contribution in [2.75, 3.05) is 0 Å². The number of hydrogen-bond donors (Lipinski definition) is 1. The highest BCUT2D eigenvalue weighted by Gasteiger charge is 2.33. The predicted molar refractivity (Wildman–Crippen MR) is 111 cm³/mol. The zero-order valence-corrected chi connectivity index (χ0v) is 17.2. The van der Waals surface area contributed by atoms with Crippen LogP contribution in [0.4, 0.5) is 0 Å². The highest BCUT2D eigenvalue weighted by molar-refractivity contribution is 5.89. The molecule has 1 N–H and O–H groups in total. The molecular weight excluding hydrogens is 334 g/mol. The SMILES string of the molecule is C=C(c1ccc(C(=O)O)c(C)n1)c1cc(C(C)(C)C)cc2c1CCC2(C)C. The van der Waals surface area contributed by atoms with Crippen LogP contribution in [0.25, 0.3) is 5.57 Å². The summed E-state index contributed by atoms with van der Waals surface area (Å²) in [5.41, 5.74) is 7.78. The first-order valence-corrected chi connectivity index (χ1v) is 9.50. The van der Waals surface area contributed by atoms with Crippen LogP contribution in [-0.4, -0.2) is 16.1 Å². The minimum absolute atomic E-state index is 0.0409. The lowest BCUT2D eigenvalue weighted by molar-refractivity contribution is 0.0695. The number of hydrogen-bond acceptors (Lipinski definition) is 2. The smallest absolute Gasteiger partial charge is 0.337 e. The van der Waals surface area contributed by atoms with Crippen LogP contribution in [0.3, 0.4) is 0 Å². The van der Waals surface area contributed by atoms with Crippen molar-refractivity contribution in [3.8, 4) is 0 Å². The second kappa shape index (κ2) is 6.33. The van der Waals surface area contributed by atoms with Crippen molar-refractivity contribution in [2.45, 2.75) is 65.2 Å². The topological polar surface area (TPSA) is 50.2 Å². The number of fused-ring (bicyclic) bond motifs is 1. The number of aromatic carboxylic acids is 1. The molecule has 1 aliphatic carbocycles.